The second-order valence-corrected chi connectivity index (χ2v) is 5.77. The number of ether oxygens (including phenoxy) is 1. The molecule has 0 saturated heterocycles. The molecule has 10 heteroatoms. The van der Waals surface area contributed by atoms with Crippen molar-refractivity contribution in [2.45, 2.75) is 12.1 Å². The van der Waals surface area contributed by atoms with E-state index in [1.165, 1.54) is 0 Å². The van der Waals surface area contributed by atoms with E-state index in [9.17, 15) is 0 Å². The summed E-state index contributed by atoms with van der Waals surface area (Å²) in [5.74, 6) is 0.324. The van der Waals surface area contributed by atoms with Gasteiger partial charge in [-0.15, -0.1) is 11.3 Å². The average Bonchev–Trinajstić information content (AvgIpc) is 3.14. The fourth-order valence-electron chi connectivity index (χ4n) is 2.19. The molecule has 23 heavy (non-hydrogen) atoms. The van der Waals surface area contributed by atoms with Crippen molar-refractivity contribution < 1.29 is 14.6 Å². The lowest BCUT2D eigenvalue weighted by Crippen LogP contribution is -2.43. The third kappa shape index (κ3) is 3.67. The van der Waals surface area contributed by atoms with Gasteiger partial charge in [0.25, 0.3) is 6.47 Å². The van der Waals surface area contributed by atoms with Gasteiger partial charge in [0, 0.05) is 19.7 Å². The van der Waals surface area contributed by atoms with Gasteiger partial charge in [0.15, 0.2) is 11.6 Å². The molecule has 7 N–H and O–H groups in total. The van der Waals surface area contributed by atoms with E-state index in [1.807, 2.05) is 12.1 Å². The van der Waals surface area contributed by atoms with Crippen molar-refractivity contribution in [3.8, 4) is 10.6 Å². The molecule has 0 amide bonds. The van der Waals surface area contributed by atoms with Crippen LogP contribution in [0.25, 0.3) is 10.6 Å². The van der Waals surface area contributed by atoms with Crippen LogP contribution in [0, 0.1) is 0 Å². The molecule has 0 radical (unpaired) electrons. The van der Waals surface area contributed by atoms with Gasteiger partial charge in [-0.3, -0.25) is 9.89 Å². The van der Waals surface area contributed by atoms with Crippen molar-refractivity contribution in [3.05, 3.63) is 23.2 Å². The SMILES string of the molecule is COCCC1(N)N=C(N)Nc2cc(-c3ccn[nH]3)sc21.O=CO. The van der Waals surface area contributed by atoms with Gasteiger partial charge in [-0.25, -0.2) is 4.99 Å². The van der Waals surface area contributed by atoms with Gasteiger partial charge < -0.3 is 26.6 Å². The highest BCUT2D eigenvalue weighted by molar-refractivity contribution is 7.16. The van der Waals surface area contributed by atoms with Gasteiger partial charge in [-0.1, -0.05) is 0 Å². The van der Waals surface area contributed by atoms with Crippen LogP contribution in [-0.4, -0.2) is 41.5 Å². The Hall–Kier alpha value is -2.43. The Kier molecular flexibility index (Phi) is 5.32. The first kappa shape index (κ1) is 16.9. The molecule has 1 unspecified atom stereocenters. The van der Waals surface area contributed by atoms with Gasteiger partial charge in [-0.2, -0.15) is 5.10 Å². The Bertz CT molecular complexity index is 684. The summed E-state index contributed by atoms with van der Waals surface area (Å²) in [4.78, 5) is 14.7. The molecule has 2 aromatic heterocycles. The number of H-pyrrole nitrogens is 1. The molecule has 1 aliphatic heterocycles. The molecule has 0 saturated carbocycles. The Morgan fingerprint density at radius 1 is 1.57 bits per heavy atom. The number of thiophene rings is 1. The monoisotopic (exact) mass is 338 g/mol. The van der Waals surface area contributed by atoms with Crippen molar-refractivity contribution in [3.63, 3.8) is 0 Å². The maximum Gasteiger partial charge on any atom is 0.290 e. The van der Waals surface area contributed by atoms with E-state index in [1.54, 1.807) is 24.6 Å². The predicted octanol–water partition coefficient (Wildman–Crippen LogP) is 0.727. The topological polar surface area (TPSA) is 152 Å². The van der Waals surface area contributed by atoms with Crippen molar-refractivity contribution in [2.24, 2.45) is 16.5 Å². The molecular formula is C13H18N6O3S. The van der Waals surface area contributed by atoms with Gasteiger partial charge in [0.05, 0.1) is 27.7 Å². The second kappa shape index (κ2) is 7.22. The number of aromatic nitrogens is 2. The third-order valence-corrected chi connectivity index (χ3v) is 4.50. The number of hydrogen-bond donors (Lipinski definition) is 5. The van der Waals surface area contributed by atoms with Crippen LogP contribution >= 0.6 is 11.3 Å². The molecule has 0 spiro atoms. The molecule has 3 heterocycles. The number of fused-ring (bicyclic) bond motifs is 1. The predicted molar refractivity (Wildman–Crippen MR) is 88.2 cm³/mol. The molecule has 0 bridgehead atoms. The first-order valence-corrected chi connectivity index (χ1v) is 7.47. The summed E-state index contributed by atoms with van der Waals surface area (Å²) in [6.45, 7) is 0.268. The molecule has 0 aliphatic carbocycles. The average molecular weight is 338 g/mol. The van der Waals surface area contributed by atoms with E-state index in [2.05, 4.69) is 20.5 Å². The number of anilines is 1. The lowest BCUT2D eigenvalue weighted by molar-refractivity contribution is -0.122. The molecule has 1 atom stereocenters. The van der Waals surface area contributed by atoms with Gasteiger partial charge in [-0.05, 0) is 12.1 Å². The number of nitrogens with one attached hydrogen (secondary N) is 2. The van der Waals surface area contributed by atoms with Crippen LogP contribution in [0.2, 0.25) is 0 Å². The number of methoxy groups -OCH3 is 1. The molecule has 1 aliphatic rings. The minimum absolute atomic E-state index is 0.250. The lowest BCUT2D eigenvalue weighted by atomic mass is 10.0. The number of carbonyl (C=O) groups is 1. The maximum atomic E-state index is 8.36. The molecule has 2 aromatic rings. The standard InChI is InChI=1S/C12H16N6OS.CH2O2/c1-19-5-3-12(14)10-8(16-11(13)17-12)6-9(20-10)7-2-4-15-18-7;2-1-3/h2,4,6H,3,5,14H2,1H3,(H,15,18)(H3,13,16,17);1H,(H,2,3). The third-order valence-electron chi connectivity index (χ3n) is 3.16. The number of guanidine groups is 1. The fourth-order valence-corrected chi connectivity index (χ4v) is 3.35. The zero-order valence-electron chi connectivity index (χ0n) is 12.4. The molecule has 0 aromatic carbocycles. The smallest absolute Gasteiger partial charge is 0.290 e. The van der Waals surface area contributed by atoms with E-state index < -0.39 is 5.66 Å². The summed E-state index contributed by atoms with van der Waals surface area (Å²) in [5.41, 5.74) is 13.2. The highest BCUT2D eigenvalue weighted by atomic mass is 32.1. The van der Waals surface area contributed by atoms with Crippen LogP contribution in [0.5, 0.6) is 0 Å². The highest BCUT2D eigenvalue weighted by Crippen LogP contribution is 2.43. The lowest BCUT2D eigenvalue weighted by Gasteiger charge is -2.29. The van der Waals surface area contributed by atoms with Crippen molar-refractivity contribution in [1.82, 2.24) is 10.2 Å². The van der Waals surface area contributed by atoms with E-state index in [-0.39, 0.29) is 6.47 Å². The quantitative estimate of drug-likeness (QED) is 0.515. The Morgan fingerprint density at radius 2 is 2.30 bits per heavy atom. The minimum Gasteiger partial charge on any atom is -0.483 e. The first-order valence-electron chi connectivity index (χ1n) is 6.66. The molecule has 9 nitrogen and oxygen atoms in total. The first-order chi connectivity index (χ1) is 11.0. The largest absolute Gasteiger partial charge is 0.483 e. The normalized spacial score (nSPS) is 19.0. The second-order valence-electron chi connectivity index (χ2n) is 4.72. The number of nitrogens with two attached hydrogens (primary N) is 2. The zero-order chi connectivity index (χ0) is 16.9. The molecule has 3 rings (SSSR count). The summed E-state index contributed by atoms with van der Waals surface area (Å²) < 4.78 is 5.12. The maximum absolute atomic E-state index is 8.36. The van der Waals surface area contributed by atoms with Gasteiger partial charge in [0.1, 0.15) is 0 Å². The van der Waals surface area contributed by atoms with Crippen LogP contribution in [0.15, 0.2) is 23.3 Å². The molecule has 124 valence electrons. The summed E-state index contributed by atoms with van der Waals surface area (Å²) in [6, 6.07) is 3.91. The van der Waals surface area contributed by atoms with Gasteiger partial charge >= 0.3 is 0 Å². The number of carboxylic acid groups (broad SMARTS) is 1. The summed E-state index contributed by atoms with van der Waals surface area (Å²) >= 11 is 1.58. The molecular weight excluding hydrogens is 320 g/mol. The van der Waals surface area contributed by atoms with Crippen molar-refractivity contribution in [1.29, 1.82) is 0 Å². The van der Waals surface area contributed by atoms with Crippen LogP contribution in [0.4, 0.5) is 5.69 Å². The van der Waals surface area contributed by atoms with Crippen LogP contribution in [0.1, 0.15) is 11.3 Å². The Morgan fingerprint density at radius 3 is 2.91 bits per heavy atom. The minimum atomic E-state index is -0.844. The van der Waals surface area contributed by atoms with Gasteiger partial charge in [0.2, 0.25) is 0 Å². The Labute approximate surface area is 136 Å². The summed E-state index contributed by atoms with van der Waals surface area (Å²) in [6.07, 6.45) is 2.29. The highest BCUT2D eigenvalue weighted by Gasteiger charge is 2.35. The fraction of sp³-hybridized carbons (Fsp3) is 0.308. The number of hydrogen-bond acceptors (Lipinski definition) is 8. The Balaban J connectivity index is 0.000000595. The van der Waals surface area contributed by atoms with E-state index in [0.717, 1.165) is 21.1 Å². The zero-order valence-corrected chi connectivity index (χ0v) is 13.3. The van der Waals surface area contributed by atoms with E-state index >= 15 is 0 Å². The van der Waals surface area contributed by atoms with Crippen molar-refractivity contribution >= 4 is 29.5 Å². The van der Waals surface area contributed by atoms with Crippen LogP contribution < -0.4 is 16.8 Å². The van der Waals surface area contributed by atoms with Crippen LogP contribution in [-0.2, 0) is 15.2 Å². The summed E-state index contributed by atoms with van der Waals surface area (Å²) in [5, 5.41) is 16.9. The van der Waals surface area contributed by atoms with E-state index in [4.69, 9.17) is 26.1 Å². The van der Waals surface area contributed by atoms with Crippen LogP contribution in [0.3, 0.4) is 0 Å². The van der Waals surface area contributed by atoms with Crippen molar-refractivity contribution in [2.75, 3.05) is 19.0 Å². The molecule has 0 fully saturated rings. The van der Waals surface area contributed by atoms with E-state index in [0.29, 0.717) is 19.0 Å². The number of aromatic amines is 1. The number of aliphatic imine (C=N–C) groups is 1. The number of rotatable bonds is 4. The number of nitrogens with zero attached hydrogens (tertiary/aromatic N) is 2. The summed E-state index contributed by atoms with van der Waals surface area (Å²) in [7, 11) is 1.64.